The first-order valence-corrected chi connectivity index (χ1v) is 10.8. The van der Waals surface area contributed by atoms with Crippen LogP contribution in [-0.2, 0) is 4.74 Å². The Morgan fingerprint density at radius 3 is 2.59 bits per heavy atom. The summed E-state index contributed by atoms with van der Waals surface area (Å²) in [4.78, 5) is 24.8. The van der Waals surface area contributed by atoms with Crippen LogP contribution in [0.15, 0.2) is 10.5 Å². The molecular formula is C19H20BrCl2FN4O2. The first-order valence-electron chi connectivity index (χ1n) is 9.27. The van der Waals surface area contributed by atoms with Crippen molar-refractivity contribution in [3.63, 3.8) is 0 Å². The molecule has 10 heteroatoms. The number of benzene rings is 1. The molecule has 1 atom stereocenters. The maximum Gasteiger partial charge on any atom is 0.410 e. The number of ether oxygens (including phenoxy) is 1. The molecule has 0 radical (unpaired) electrons. The van der Waals surface area contributed by atoms with Crippen LogP contribution in [-0.4, -0.2) is 51.7 Å². The van der Waals surface area contributed by atoms with Gasteiger partial charge in [0.2, 0.25) is 5.28 Å². The van der Waals surface area contributed by atoms with Crippen LogP contribution in [0, 0.1) is 5.82 Å². The summed E-state index contributed by atoms with van der Waals surface area (Å²) in [6.07, 6.45) is 1.33. The molecule has 2 aliphatic heterocycles. The number of hydrogen-bond donors (Lipinski definition) is 0. The number of halogens is 4. The molecule has 2 aliphatic rings. The van der Waals surface area contributed by atoms with Crippen molar-refractivity contribution < 1.29 is 13.9 Å². The third kappa shape index (κ3) is 3.64. The minimum atomic E-state index is -0.578. The molecule has 1 unspecified atom stereocenters. The van der Waals surface area contributed by atoms with E-state index in [2.05, 4.69) is 25.9 Å². The molecule has 29 heavy (non-hydrogen) atoms. The fourth-order valence-electron chi connectivity index (χ4n) is 3.97. The van der Waals surface area contributed by atoms with Crippen LogP contribution < -0.4 is 4.90 Å². The molecule has 0 N–H and O–H groups in total. The van der Waals surface area contributed by atoms with Gasteiger partial charge in [0.1, 0.15) is 16.9 Å². The van der Waals surface area contributed by atoms with Gasteiger partial charge >= 0.3 is 6.09 Å². The van der Waals surface area contributed by atoms with E-state index in [1.807, 2.05) is 25.7 Å². The fraction of sp³-hybridized carbons (Fsp3) is 0.526. The molecule has 1 spiro atoms. The van der Waals surface area contributed by atoms with Gasteiger partial charge in [-0.15, -0.1) is 0 Å². The summed E-state index contributed by atoms with van der Waals surface area (Å²) in [5, 5.41) is 0.676. The van der Waals surface area contributed by atoms with E-state index < -0.39 is 11.4 Å². The second-order valence-corrected chi connectivity index (χ2v) is 10.0. The van der Waals surface area contributed by atoms with Crippen LogP contribution in [0.4, 0.5) is 15.0 Å². The van der Waals surface area contributed by atoms with Crippen molar-refractivity contribution >= 4 is 61.9 Å². The van der Waals surface area contributed by atoms with E-state index in [0.717, 1.165) is 12.8 Å². The molecule has 2 fully saturated rings. The Labute approximate surface area is 186 Å². The van der Waals surface area contributed by atoms with Gasteiger partial charge in [-0.25, -0.2) is 14.2 Å². The monoisotopic (exact) mass is 504 g/mol. The average Bonchev–Trinajstić information content (AvgIpc) is 3.05. The van der Waals surface area contributed by atoms with Crippen LogP contribution in [0.5, 0.6) is 0 Å². The summed E-state index contributed by atoms with van der Waals surface area (Å²) in [5.74, 6) is -0.0628. The van der Waals surface area contributed by atoms with Gasteiger partial charge in [-0.2, -0.15) is 4.98 Å². The smallest absolute Gasteiger partial charge is 0.410 e. The Kier molecular flexibility index (Phi) is 5.11. The standard InChI is InChI=1S/C19H20BrCl2FN4O2/c1-18(2,3)29-17(28)27-7-5-19(27)4-6-26(9-19)15-10-8-11(21)12(20)13(23)14(10)24-16(22)25-15/h8H,4-7,9H2,1-3H3. The lowest BCUT2D eigenvalue weighted by atomic mass is 9.84. The van der Waals surface area contributed by atoms with Crippen molar-refractivity contribution in [1.82, 2.24) is 14.9 Å². The van der Waals surface area contributed by atoms with Crippen LogP contribution in [0.1, 0.15) is 33.6 Å². The summed E-state index contributed by atoms with van der Waals surface area (Å²) in [5.41, 5.74) is -0.761. The molecule has 1 aromatic heterocycles. The third-order valence-electron chi connectivity index (χ3n) is 5.40. The molecule has 2 aromatic rings. The average molecular weight is 506 g/mol. The number of anilines is 1. The SMILES string of the molecule is CC(C)(C)OC(=O)N1CCC12CCN(c1nc(Cl)nc3c(F)c(Br)c(Cl)cc13)C2. The predicted octanol–water partition coefficient (Wildman–Crippen LogP) is 5.43. The van der Waals surface area contributed by atoms with Crippen molar-refractivity contribution in [2.75, 3.05) is 24.5 Å². The molecule has 1 aromatic carbocycles. The summed E-state index contributed by atoms with van der Waals surface area (Å²) in [7, 11) is 0. The third-order valence-corrected chi connectivity index (χ3v) is 6.87. The minimum absolute atomic E-state index is 0.0424. The summed E-state index contributed by atoms with van der Waals surface area (Å²) in [6.45, 7) is 7.42. The number of hydrogen-bond acceptors (Lipinski definition) is 5. The van der Waals surface area contributed by atoms with Crippen molar-refractivity contribution in [1.29, 1.82) is 0 Å². The molecule has 3 heterocycles. The molecular weight excluding hydrogens is 486 g/mol. The Morgan fingerprint density at radius 2 is 1.97 bits per heavy atom. The zero-order chi connectivity index (χ0) is 21.1. The number of carbonyl (C=O) groups is 1. The van der Waals surface area contributed by atoms with E-state index in [1.165, 1.54) is 0 Å². The van der Waals surface area contributed by atoms with Crippen LogP contribution in [0.2, 0.25) is 10.3 Å². The lowest BCUT2D eigenvalue weighted by Gasteiger charge is -2.50. The van der Waals surface area contributed by atoms with Crippen molar-refractivity contribution in [2.24, 2.45) is 0 Å². The highest BCUT2D eigenvalue weighted by Crippen LogP contribution is 2.43. The number of carbonyl (C=O) groups excluding carboxylic acids is 1. The number of amides is 1. The quantitative estimate of drug-likeness (QED) is 0.382. The Balaban J connectivity index is 1.66. The van der Waals surface area contributed by atoms with E-state index in [1.54, 1.807) is 11.0 Å². The Hall–Kier alpha value is -1.38. The maximum absolute atomic E-state index is 14.7. The van der Waals surface area contributed by atoms with Gasteiger partial charge in [0.15, 0.2) is 5.82 Å². The molecule has 0 saturated carbocycles. The van der Waals surface area contributed by atoms with Crippen molar-refractivity contribution in [3.05, 3.63) is 26.7 Å². The highest BCUT2D eigenvalue weighted by molar-refractivity contribution is 9.10. The van der Waals surface area contributed by atoms with Crippen LogP contribution in [0.3, 0.4) is 0 Å². The highest BCUT2D eigenvalue weighted by Gasteiger charge is 2.53. The van der Waals surface area contributed by atoms with Gasteiger partial charge in [-0.1, -0.05) is 11.6 Å². The molecule has 156 valence electrons. The number of fused-ring (bicyclic) bond motifs is 1. The fourth-order valence-corrected chi connectivity index (χ4v) is 4.63. The minimum Gasteiger partial charge on any atom is -0.444 e. The summed E-state index contributed by atoms with van der Waals surface area (Å²) in [6, 6.07) is 1.63. The van der Waals surface area contributed by atoms with Gasteiger partial charge in [0.05, 0.1) is 15.0 Å². The number of aromatic nitrogens is 2. The van der Waals surface area contributed by atoms with E-state index in [0.29, 0.717) is 30.8 Å². The summed E-state index contributed by atoms with van der Waals surface area (Å²) < 4.78 is 20.4. The van der Waals surface area contributed by atoms with Gasteiger partial charge < -0.3 is 14.5 Å². The van der Waals surface area contributed by atoms with E-state index in [-0.39, 0.29) is 31.9 Å². The highest BCUT2D eigenvalue weighted by atomic mass is 79.9. The lowest BCUT2D eigenvalue weighted by molar-refractivity contribution is -0.0362. The molecule has 0 bridgehead atoms. The molecule has 1 amide bonds. The lowest BCUT2D eigenvalue weighted by Crippen LogP contribution is -2.64. The first kappa shape index (κ1) is 20.9. The van der Waals surface area contributed by atoms with E-state index in [9.17, 15) is 9.18 Å². The van der Waals surface area contributed by atoms with Gasteiger partial charge in [-0.3, -0.25) is 0 Å². The topological polar surface area (TPSA) is 58.6 Å². The second-order valence-electron chi connectivity index (χ2n) is 8.48. The second kappa shape index (κ2) is 7.10. The first-order chi connectivity index (χ1) is 13.5. The van der Waals surface area contributed by atoms with Gasteiger partial charge in [0.25, 0.3) is 0 Å². The largest absolute Gasteiger partial charge is 0.444 e. The van der Waals surface area contributed by atoms with Crippen molar-refractivity contribution in [3.8, 4) is 0 Å². The van der Waals surface area contributed by atoms with Gasteiger partial charge in [0, 0.05) is 25.0 Å². The molecule has 6 nitrogen and oxygen atoms in total. The molecule has 4 rings (SSSR count). The van der Waals surface area contributed by atoms with Crippen LogP contribution in [0.25, 0.3) is 10.9 Å². The van der Waals surface area contributed by atoms with E-state index >= 15 is 0 Å². The predicted molar refractivity (Wildman–Crippen MR) is 114 cm³/mol. The number of rotatable bonds is 1. The molecule has 0 aliphatic carbocycles. The number of nitrogens with zero attached hydrogens (tertiary/aromatic N) is 4. The molecule has 2 saturated heterocycles. The van der Waals surface area contributed by atoms with Crippen molar-refractivity contribution in [2.45, 2.75) is 44.8 Å². The zero-order valence-corrected chi connectivity index (χ0v) is 19.3. The van der Waals surface area contributed by atoms with Crippen LogP contribution >= 0.6 is 39.1 Å². The van der Waals surface area contributed by atoms with Gasteiger partial charge in [-0.05, 0) is 67.2 Å². The number of likely N-dealkylation sites (tertiary alicyclic amines) is 1. The Morgan fingerprint density at radius 1 is 1.28 bits per heavy atom. The zero-order valence-electron chi connectivity index (χ0n) is 16.2. The Bertz CT molecular complexity index is 1020. The maximum atomic E-state index is 14.7. The summed E-state index contributed by atoms with van der Waals surface area (Å²) >= 11 is 15.4. The normalized spacial score (nSPS) is 21.8. The van der Waals surface area contributed by atoms with E-state index in [4.69, 9.17) is 27.9 Å².